The van der Waals surface area contributed by atoms with Crippen molar-refractivity contribution >= 4 is 5.69 Å². The van der Waals surface area contributed by atoms with Crippen molar-refractivity contribution in [1.82, 2.24) is 0 Å². The van der Waals surface area contributed by atoms with Gasteiger partial charge >= 0.3 is 0 Å². The second-order valence-electron chi connectivity index (χ2n) is 2.94. The average molecular weight is 183 g/mol. The summed E-state index contributed by atoms with van der Waals surface area (Å²) in [4.78, 5) is 0. The smallest absolute Gasteiger partial charge is 0.160 e. The van der Waals surface area contributed by atoms with E-state index in [4.69, 9.17) is 0 Å². The minimum atomic E-state index is -0.841. The van der Waals surface area contributed by atoms with Gasteiger partial charge in [0, 0.05) is 18.3 Å². The molecule has 0 amide bonds. The van der Waals surface area contributed by atoms with Crippen LogP contribution in [-0.4, -0.2) is 6.54 Å². The van der Waals surface area contributed by atoms with Crippen LogP contribution >= 0.6 is 0 Å². The molecule has 0 aliphatic heterocycles. The standard InChI is InChI=1S/C10H11F2N/c1-7(2)6-13-8-3-4-9(11)10(12)5-8/h3-5,13H,1,6H2,2H3. The summed E-state index contributed by atoms with van der Waals surface area (Å²) >= 11 is 0. The molecule has 0 atom stereocenters. The SMILES string of the molecule is C=C(C)CNc1ccc(F)c(F)c1. The van der Waals surface area contributed by atoms with Gasteiger partial charge in [0.05, 0.1) is 0 Å². The summed E-state index contributed by atoms with van der Waals surface area (Å²) in [7, 11) is 0. The minimum Gasteiger partial charge on any atom is -0.381 e. The fraction of sp³-hybridized carbons (Fsp3) is 0.200. The van der Waals surface area contributed by atoms with E-state index >= 15 is 0 Å². The van der Waals surface area contributed by atoms with Crippen LogP contribution in [0, 0.1) is 11.6 Å². The van der Waals surface area contributed by atoms with E-state index in [1.807, 2.05) is 6.92 Å². The molecule has 1 N–H and O–H groups in total. The second-order valence-corrected chi connectivity index (χ2v) is 2.94. The van der Waals surface area contributed by atoms with Gasteiger partial charge in [0.1, 0.15) is 0 Å². The molecular formula is C10H11F2N. The van der Waals surface area contributed by atoms with Gasteiger partial charge in [0.2, 0.25) is 0 Å². The molecule has 0 spiro atoms. The Morgan fingerprint density at radius 3 is 2.62 bits per heavy atom. The van der Waals surface area contributed by atoms with Gasteiger partial charge in [-0.25, -0.2) is 8.78 Å². The monoisotopic (exact) mass is 183 g/mol. The molecule has 3 heteroatoms. The molecule has 0 fully saturated rings. The van der Waals surface area contributed by atoms with E-state index in [1.54, 1.807) is 0 Å². The first-order chi connectivity index (χ1) is 6.09. The van der Waals surface area contributed by atoms with E-state index in [2.05, 4.69) is 11.9 Å². The van der Waals surface area contributed by atoms with Crippen LogP contribution in [0.15, 0.2) is 30.4 Å². The van der Waals surface area contributed by atoms with Gasteiger partial charge in [0.25, 0.3) is 0 Å². The van der Waals surface area contributed by atoms with Crippen molar-refractivity contribution in [3.63, 3.8) is 0 Å². The Morgan fingerprint density at radius 2 is 2.08 bits per heavy atom. The molecule has 0 unspecified atom stereocenters. The van der Waals surface area contributed by atoms with Gasteiger partial charge in [-0.1, -0.05) is 12.2 Å². The quantitative estimate of drug-likeness (QED) is 0.710. The minimum absolute atomic E-state index is 0.557. The van der Waals surface area contributed by atoms with Crippen molar-refractivity contribution in [2.24, 2.45) is 0 Å². The van der Waals surface area contributed by atoms with Crippen molar-refractivity contribution in [2.75, 3.05) is 11.9 Å². The van der Waals surface area contributed by atoms with E-state index in [1.165, 1.54) is 6.07 Å². The lowest BCUT2D eigenvalue weighted by Gasteiger charge is -2.05. The van der Waals surface area contributed by atoms with Gasteiger partial charge in [-0.2, -0.15) is 0 Å². The van der Waals surface area contributed by atoms with Crippen molar-refractivity contribution in [3.8, 4) is 0 Å². The number of rotatable bonds is 3. The molecule has 0 heterocycles. The van der Waals surface area contributed by atoms with Crippen LogP contribution in [0.5, 0.6) is 0 Å². The molecule has 1 aromatic carbocycles. The van der Waals surface area contributed by atoms with E-state index < -0.39 is 11.6 Å². The van der Waals surface area contributed by atoms with Gasteiger partial charge in [-0.3, -0.25) is 0 Å². The Bertz CT molecular complexity index is 321. The summed E-state index contributed by atoms with van der Waals surface area (Å²) in [6.07, 6.45) is 0. The number of hydrogen-bond acceptors (Lipinski definition) is 1. The van der Waals surface area contributed by atoms with Crippen LogP contribution in [0.4, 0.5) is 14.5 Å². The summed E-state index contributed by atoms with van der Waals surface area (Å²) in [5.74, 6) is -1.67. The highest BCUT2D eigenvalue weighted by Crippen LogP contribution is 2.12. The largest absolute Gasteiger partial charge is 0.381 e. The molecule has 0 aliphatic carbocycles. The molecule has 13 heavy (non-hydrogen) atoms. The van der Waals surface area contributed by atoms with Crippen molar-refractivity contribution in [2.45, 2.75) is 6.92 Å². The van der Waals surface area contributed by atoms with Crippen LogP contribution < -0.4 is 5.32 Å². The predicted octanol–water partition coefficient (Wildman–Crippen LogP) is 2.95. The van der Waals surface area contributed by atoms with Gasteiger partial charge in [-0.15, -0.1) is 0 Å². The Labute approximate surface area is 76.1 Å². The first kappa shape index (κ1) is 9.71. The van der Waals surface area contributed by atoms with Gasteiger partial charge in [0.15, 0.2) is 11.6 Å². The summed E-state index contributed by atoms with van der Waals surface area (Å²) in [5.41, 5.74) is 1.49. The maximum atomic E-state index is 12.7. The number of nitrogens with one attached hydrogen (secondary N) is 1. The number of anilines is 1. The molecule has 0 radical (unpaired) electrons. The molecule has 0 saturated heterocycles. The fourth-order valence-corrected chi connectivity index (χ4v) is 0.859. The van der Waals surface area contributed by atoms with E-state index in [0.29, 0.717) is 12.2 Å². The molecule has 70 valence electrons. The first-order valence-corrected chi connectivity index (χ1v) is 3.93. The zero-order chi connectivity index (χ0) is 9.84. The number of halogens is 2. The molecule has 1 rings (SSSR count). The van der Waals surface area contributed by atoms with Gasteiger partial charge < -0.3 is 5.32 Å². The lowest BCUT2D eigenvalue weighted by Crippen LogP contribution is -2.02. The highest BCUT2D eigenvalue weighted by molar-refractivity contribution is 5.44. The molecular weight excluding hydrogens is 172 g/mol. The van der Waals surface area contributed by atoms with Crippen molar-refractivity contribution in [3.05, 3.63) is 42.0 Å². The Morgan fingerprint density at radius 1 is 1.38 bits per heavy atom. The summed E-state index contributed by atoms with van der Waals surface area (Å²) in [6.45, 7) is 6.09. The molecule has 1 aromatic rings. The average Bonchev–Trinajstić information content (AvgIpc) is 2.07. The number of benzene rings is 1. The zero-order valence-electron chi connectivity index (χ0n) is 7.40. The van der Waals surface area contributed by atoms with Crippen LogP contribution in [-0.2, 0) is 0 Å². The molecule has 1 nitrogen and oxygen atoms in total. The lowest BCUT2D eigenvalue weighted by atomic mass is 10.3. The molecule has 0 aromatic heterocycles. The highest BCUT2D eigenvalue weighted by Gasteiger charge is 2.01. The lowest BCUT2D eigenvalue weighted by molar-refractivity contribution is 0.509. The first-order valence-electron chi connectivity index (χ1n) is 3.93. The van der Waals surface area contributed by atoms with Crippen LogP contribution in [0.2, 0.25) is 0 Å². The fourth-order valence-electron chi connectivity index (χ4n) is 0.859. The van der Waals surface area contributed by atoms with Gasteiger partial charge in [-0.05, 0) is 19.1 Å². The van der Waals surface area contributed by atoms with E-state index in [9.17, 15) is 8.78 Å². The highest BCUT2D eigenvalue weighted by atomic mass is 19.2. The maximum Gasteiger partial charge on any atom is 0.160 e. The molecule has 0 saturated carbocycles. The van der Waals surface area contributed by atoms with E-state index in [0.717, 1.165) is 17.7 Å². The Balaban J connectivity index is 2.68. The molecule has 0 bridgehead atoms. The molecule has 0 aliphatic rings. The summed E-state index contributed by atoms with van der Waals surface area (Å²) in [6, 6.07) is 3.70. The third-order valence-electron chi connectivity index (χ3n) is 1.51. The van der Waals surface area contributed by atoms with Crippen LogP contribution in [0.25, 0.3) is 0 Å². The Kier molecular flexibility index (Phi) is 3.01. The van der Waals surface area contributed by atoms with E-state index in [-0.39, 0.29) is 0 Å². The summed E-state index contributed by atoms with van der Waals surface area (Å²) in [5, 5.41) is 2.91. The second kappa shape index (κ2) is 4.03. The van der Waals surface area contributed by atoms with Crippen LogP contribution in [0.1, 0.15) is 6.92 Å². The van der Waals surface area contributed by atoms with Crippen molar-refractivity contribution in [1.29, 1.82) is 0 Å². The number of hydrogen-bond donors (Lipinski definition) is 1. The Hall–Kier alpha value is -1.38. The topological polar surface area (TPSA) is 12.0 Å². The zero-order valence-corrected chi connectivity index (χ0v) is 7.40. The normalized spacial score (nSPS) is 9.77. The van der Waals surface area contributed by atoms with Crippen molar-refractivity contribution < 1.29 is 8.78 Å². The van der Waals surface area contributed by atoms with Crippen LogP contribution in [0.3, 0.4) is 0 Å². The summed E-state index contributed by atoms with van der Waals surface area (Å²) < 4.78 is 25.1. The third kappa shape index (κ3) is 2.86. The third-order valence-corrected chi connectivity index (χ3v) is 1.51. The predicted molar refractivity (Wildman–Crippen MR) is 49.7 cm³/mol. The maximum absolute atomic E-state index is 12.7.